The molecule has 0 atom stereocenters. The molecule has 1 aliphatic rings. The first kappa shape index (κ1) is 10.4. The van der Waals surface area contributed by atoms with Crippen molar-refractivity contribution < 1.29 is 9.59 Å². The van der Waals surface area contributed by atoms with Crippen LogP contribution < -0.4 is 0 Å². The van der Waals surface area contributed by atoms with E-state index in [1.54, 1.807) is 24.3 Å². The van der Waals surface area contributed by atoms with Crippen LogP contribution >= 0.6 is 0 Å². The van der Waals surface area contributed by atoms with Crippen molar-refractivity contribution in [2.45, 2.75) is 6.42 Å². The summed E-state index contributed by atoms with van der Waals surface area (Å²) < 4.78 is 0. The minimum Gasteiger partial charge on any atom is -0.330 e. The molecule has 4 heteroatoms. The Morgan fingerprint density at radius 2 is 1.94 bits per heavy atom. The Morgan fingerprint density at radius 3 is 2.62 bits per heavy atom. The second-order valence-corrected chi connectivity index (χ2v) is 3.60. The maximum atomic E-state index is 11.9. The third-order valence-electron chi connectivity index (χ3n) is 2.57. The van der Waals surface area contributed by atoms with Crippen molar-refractivity contribution in [2.24, 2.45) is 0 Å². The van der Waals surface area contributed by atoms with Gasteiger partial charge >= 0.3 is 0 Å². The van der Waals surface area contributed by atoms with Crippen molar-refractivity contribution >= 4 is 11.7 Å². The number of Topliss-reactive ketones (excluding diaryl/α,β-unsaturated/α-hetero) is 1. The zero-order chi connectivity index (χ0) is 11.5. The topological polar surface area (TPSA) is 61.2 Å². The molecule has 0 saturated carbocycles. The highest BCUT2D eigenvalue weighted by atomic mass is 16.2. The molecule has 1 amide bonds. The molecule has 0 fully saturated rings. The van der Waals surface area contributed by atoms with Gasteiger partial charge in [0.2, 0.25) is 0 Å². The number of fused-ring (bicyclic) bond motifs is 1. The fourth-order valence-electron chi connectivity index (χ4n) is 1.78. The van der Waals surface area contributed by atoms with E-state index >= 15 is 0 Å². The Kier molecular flexibility index (Phi) is 2.69. The zero-order valence-corrected chi connectivity index (χ0v) is 8.64. The summed E-state index contributed by atoms with van der Waals surface area (Å²) in [6, 6.07) is 8.76. The van der Waals surface area contributed by atoms with E-state index < -0.39 is 0 Å². The monoisotopic (exact) mass is 214 g/mol. The van der Waals surface area contributed by atoms with Crippen LogP contribution in [0.5, 0.6) is 0 Å². The zero-order valence-electron chi connectivity index (χ0n) is 8.64. The van der Waals surface area contributed by atoms with Crippen molar-refractivity contribution in [3.63, 3.8) is 0 Å². The summed E-state index contributed by atoms with van der Waals surface area (Å²) in [5.41, 5.74) is 0.928. The number of ketones is 1. The second kappa shape index (κ2) is 4.15. The fourth-order valence-corrected chi connectivity index (χ4v) is 1.78. The van der Waals surface area contributed by atoms with E-state index in [9.17, 15) is 9.59 Å². The molecular formula is C12H10N2O2. The molecule has 4 nitrogen and oxygen atoms in total. The lowest BCUT2D eigenvalue weighted by atomic mass is 9.98. The maximum Gasteiger partial charge on any atom is 0.255 e. The molecule has 0 aliphatic carbocycles. The minimum absolute atomic E-state index is 0.0619. The van der Waals surface area contributed by atoms with Gasteiger partial charge in [0.25, 0.3) is 5.91 Å². The molecule has 0 radical (unpaired) electrons. The number of carbonyl (C=O) groups excluding carboxylic acids is 2. The van der Waals surface area contributed by atoms with Crippen LogP contribution in [0.25, 0.3) is 0 Å². The number of hydrogen-bond donors (Lipinski definition) is 0. The van der Waals surface area contributed by atoms with Crippen LogP contribution in [0.4, 0.5) is 0 Å². The highest BCUT2D eigenvalue weighted by Crippen LogP contribution is 2.18. The number of nitrogens with zero attached hydrogens (tertiary/aromatic N) is 2. The fraction of sp³-hybridized carbons (Fsp3) is 0.250. The highest BCUT2D eigenvalue weighted by Gasteiger charge is 2.28. The SMILES string of the molecule is N#CCCN1CC(=O)c2ccccc2C1=O. The van der Waals surface area contributed by atoms with Gasteiger partial charge in [0.1, 0.15) is 0 Å². The summed E-state index contributed by atoms with van der Waals surface area (Å²) in [6.07, 6.45) is 0.251. The molecule has 1 aromatic carbocycles. The van der Waals surface area contributed by atoms with Crippen LogP contribution in [0.3, 0.4) is 0 Å². The van der Waals surface area contributed by atoms with Gasteiger partial charge in [-0.25, -0.2) is 0 Å². The van der Waals surface area contributed by atoms with Gasteiger partial charge in [-0.2, -0.15) is 5.26 Å². The van der Waals surface area contributed by atoms with Crippen molar-refractivity contribution in [3.05, 3.63) is 35.4 Å². The molecule has 16 heavy (non-hydrogen) atoms. The number of nitriles is 1. The number of hydrogen-bond acceptors (Lipinski definition) is 3. The van der Waals surface area contributed by atoms with Crippen molar-refractivity contribution in [1.29, 1.82) is 5.26 Å². The molecule has 0 spiro atoms. The lowest BCUT2D eigenvalue weighted by Crippen LogP contribution is -2.41. The van der Waals surface area contributed by atoms with E-state index in [1.165, 1.54) is 4.90 Å². The van der Waals surface area contributed by atoms with Crippen molar-refractivity contribution in [1.82, 2.24) is 4.90 Å². The van der Waals surface area contributed by atoms with Crippen LogP contribution in [-0.4, -0.2) is 29.7 Å². The summed E-state index contributed by atoms with van der Waals surface area (Å²) in [4.78, 5) is 25.1. The molecule has 0 bridgehead atoms. The largest absolute Gasteiger partial charge is 0.330 e. The summed E-state index contributed by atoms with van der Waals surface area (Å²) in [6.45, 7) is 0.396. The molecule has 0 aromatic heterocycles. The molecular weight excluding hydrogens is 204 g/mol. The van der Waals surface area contributed by atoms with Crippen molar-refractivity contribution in [3.8, 4) is 6.07 Å². The van der Waals surface area contributed by atoms with Gasteiger partial charge in [-0.05, 0) is 6.07 Å². The number of amides is 1. The molecule has 1 aliphatic heterocycles. The van der Waals surface area contributed by atoms with E-state index in [-0.39, 0.29) is 24.7 Å². The van der Waals surface area contributed by atoms with E-state index in [2.05, 4.69) is 0 Å². The number of carbonyl (C=O) groups is 2. The normalized spacial score (nSPS) is 14.6. The smallest absolute Gasteiger partial charge is 0.255 e. The van der Waals surface area contributed by atoms with Crippen LogP contribution in [0.2, 0.25) is 0 Å². The molecule has 0 unspecified atom stereocenters. The van der Waals surface area contributed by atoms with Gasteiger partial charge in [-0.15, -0.1) is 0 Å². The van der Waals surface area contributed by atoms with Gasteiger partial charge in [0.15, 0.2) is 5.78 Å². The molecule has 0 N–H and O–H groups in total. The van der Waals surface area contributed by atoms with Crippen LogP contribution in [-0.2, 0) is 0 Å². The third-order valence-corrected chi connectivity index (χ3v) is 2.57. The summed E-state index contributed by atoms with van der Waals surface area (Å²) in [5.74, 6) is -0.224. The Labute approximate surface area is 93.1 Å². The van der Waals surface area contributed by atoms with Gasteiger partial charge in [0, 0.05) is 12.1 Å². The van der Waals surface area contributed by atoms with Gasteiger partial charge in [-0.3, -0.25) is 9.59 Å². The summed E-state index contributed by atoms with van der Waals surface area (Å²) in [5, 5.41) is 8.47. The molecule has 1 aromatic rings. The summed E-state index contributed by atoms with van der Waals surface area (Å²) in [7, 11) is 0. The maximum absolute atomic E-state index is 11.9. The first-order chi connectivity index (χ1) is 7.74. The first-order valence-corrected chi connectivity index (χ1v) is 5.02. The van der Waals surface area contributed by atoms with Crippen molar-refractivity contribution in [2.75, 3.05) is 13.1 Å². The van der Waals surface area contributed by atoms with E-state index in [4.69, 9.17) is 5.26 Å². The average Bonchev–Trinajstić information content (AvgIpc) is 2.32. The van der Waals surface area contributed by atoms with E-state index in [0.29, 0.717) is 17.7 Å². The second-order valence-electron chi connectivity index (χ2n) is 3.60. The Bertz CT molecular complexity index is 488. The first-order valence-electron chi connectivity index (χ1n) is 5.02. The Hall–Kier alpha value is -2.15. The van der Waals surface area contributed by atoms with Gasteiger partial charge in [0.05, 0.1) is 24.6 Å². The van der Waals surface area contributed by atoms with E-state index in [0.717, 1.165) is 0 Å². The number of rotatable bonds is 2. The predicted molar refractivity (Wildman–Crippen MR) is 56.9 cm³/mol. The molecule has 1 heterocycles. The average molecular weight is 214 g/mol. The molecule has 0 saturated heterocycles. The quantitative estimate of drug-likeness (QED) is 0.744. The molecule has 80 valence electrons. The lowest BCUT2D eigenvalue weighted by molar-refractivity contribution is 0.0684. The standard InChI is InChI=1S/C12H10N2O2/c13-6-3-7-14-8-11(15)9-4-1-2-5-10(9)12(14)16/h1-2,4-5H,3,7-8H2. The lowest BCUT2D eigenvalue weighted by Gasteiger charge is -2.26. The highest BCUT2D eigenvalue weighted by molar-refractivity contribution is 6.13. The summed E-state index contributed by atoms with van der Waals surface area (Å²) >= 11 is 0. The number of benzene rings is 1. The Morgan fingerprint density at radius 1 is 1.25 bits per heavy atom. The van der Waals surface area contributed by atoms with E-state index in [1.807, 2.05) is 6.07 Å². The van der Waals surface area contributed by atoms with Crippen LogP contribution in [0, 0.1) is 11.3 Å². The molecule has 2 rings (SSSR count). The minimum atomic E-state index is -0.162. The van der Waals surface area contributed by atoms with Crippen LogP contribution in [0.1, 0.15) is 27.1 Å². The van der Waals surface area contributed by atoms with Gasteiger partial charge < -0.3 is 4.90 Å². The third kappa shape index (κ3) is 1.68. The van der Waals surface area contributed by atoms with Gasteiger partial charge in [-0.1, -0.05) is 18.2 Å². The van der Waals surface area contributed by atoms with Crippen LogP contribution in [0.15, 0.2) is 24.3 Å². The predicted octanol–water partition coefficient (Wildman–Crippen LogP) is 1.24. The Balaban J connectivity index is 2.32.